The highest BCUT2D eigenvalue weighted by atomic mass is 32.2. The normalized spacial score (nSPS) is 30.1. The molecule has 0 bridgehead atoms. The fourth-order valence-electron chi connectivity index (χ4n) is 5.65. The monoisotopic (exact) mass is 380 g/mol. The topological polar surface area (TPSA) is 23.6 Å². The second kappa shape index (κ2) is 9.82. The third kappa shape index (κ3) is 5.41. The van der Waals surface area contributed by atoms with Gasteiger partial charge >= 0.3 is 0 Å². The fourth-order valence-corrected chi connectivity index (χ4v) is 6.09. The first kappa shape index (κ1) is 20.5. The molecule has 3 fully saturated rings. The zero-order chi connectivity index (χ0) is 18.5. The van der Waals surface area contributed by atoms with Crippen molar-refractivity contribution in [1.82, 2.24) is 9.80 Å². The summed E-state index contributed by atoms with van der Waals surface area (Å²) in [5.41, 5.74) is 0. The molecule has 2 saturated heterocycles. The lowest BCUT2D eigenvalue weighted by atomic mass is 9.77. The number of piperidine rings is 2. The van der Waals surface area contributed by atoms with E-state index in [1.54, 1.807) is 0 Å². The zero-order valence-corrected chi connectivity index (χ0v) is 18.1. The molecule has 1 amide bonds. The van der Waals surface area contributed by atoms with Crippen LogP contribution in [-0.2, 0) is 0 Å². The van der Waals surface area contributed by atoms with E-state index in [4.69, 9.17) is 0 Å². The van der Waals surface area contributed by atoms with Crippen molar-refractivity contribution in [3.05, 3.63) is 0 Å². The number of hydrogen-bond acceptors (Lipinski definition) is 3. The first-order chi connectivity index (χ1) is 12.6. The molecule has 2 aliphatic heterocycles. The number of nitrogens with zero attached hydrogens (tertiary/aromatic N) is 2. The van der Waals surface area contributed by atoms with Gasteiger partial charge in [-0.1, -0.05) is 25.6 Å². The fraction of sp³-hybridized carbons (Fsp3) is 0.955. The van der Waals surface area contributed by atoms with Crippen LogP contribution in [0.2, 0.25) is 0 Å². The highest BCUT2D eigenvalue weighted by Crippen LogP contribution is 2.36. The smallest absolute Gasteiger partial charge is 0.281 e. The lowest BCUT2D eigenvalue weighted by Crippen LogP contribution is -2.44. The van der Waals surface area contributed by atoms with Gasteiger partial charge in [-0.15, -0.1) is 0 Å². The van der Waals surface area contributed by atoms with Gasteiger partial charge in [0.1, 0.15) is 0 Å². The average molecular weight is 381 g/mol. The molecule has 26 heavy (non-hydrogen) atoms. The highest BCUT2D eigenvalue weighted by molar-refractivity contribution is 8.12. The van der Waals surface area contributed by atoms with Crippen molar-refractivity contribution in [2.24, 2.45) is 23.7 Å². The standard InChI is InChI=1S/C22H40N2OS/c1-17(2)20-10-14-23(15-11-20)21-6-4-18(5-7-21)16-19-8-12-24(13-9-19)22(25)26-3/h17-21H,4-16H2,1-3H3. The van der Waals surface area contributed by atoms with Crippen molar-refractivity contribution >= 4 is 17.0 Å². The number of hydrogen-bond donors (Lipinski definition) is 0. The van der Waals surface area contributed by atoms with E-state index >= 15 is 0 Å². The van der Waals surface area contributed by atoms with Gasteiger partial charge < -0.3 is 9.80 Å². The van der Waals surface area contributed by atoms with Gasteiger partial charge in [0.2, 0.25) is 0 Å². The van der Waals surface area contributed by atoms with E-state index in [-0.39, 0.29) is 5.24 Å². The van der Waals surface area contributed by atoms with E-state index in [2.05, 4.69) is 23.6 Å². The molecule has 0 aromatic carbocycles. The Bertz CT molecular complexity index is 431. The van der Waals surface area contributed by atoms with Crippen LogP contribution in [-0.4, -0.2) is 53.5 Å². The van der Waals surface area contributed by atoms with E-state index in [0.717, 1.165) is 42.8 Å². The number of carbonyl (C=O) groups excluding carboxylic acids is 1. The molecule has 1 saturated carbocycles. The summed E-state index contributed by atoms with van der Waals surface area (Å²) in [5, 5.41) is 0.269. The summed E-state index contributed by atoms with van der Waals surface area (Å²) in [7, 11) is 0. The number of amides is 1. The minimum absolute atomic E-state index is 0.269. The van der Waals surface area contributed by atoms with Crippen LogP contribution in [0.4, 0.5) is 4.79 Å². The van der Waals surface area contributed by atoms with Crippen molar-refractivity contribution in [2.75, 3.05) is 32.4 Å². The number of likely N-dealkylation sites (tertiary alicyclic amines) is 2. The zero-order valence-electron chi connectivity index (χ0n) is 17.3. The van der Waals surface area contributed by atoms with Gasteiger partial charge in [-0.25, -0.2) is 0 Å². The molecule has 0 spiro atoms. The molecule has 0 unspecified atom stereocenters. The Labute approximate surface area is 165 Å². The molecule has 3 aliphatic rings. The van der Waals surface area contributed by atoms with Crippen LogP contribution in [0.15, 0.2) is 0 Å². The molecule has 0 aromatic heterocycles. The maximum Gasteiger partial charge on any atom is 0.281 e. The Morgan fingerprint density at radius 2 is 1.46 bits per heavy atom. The predicted octanol–water partition coefficient (Wildman–Crippen LogP) is 5.50. The van der Waals surface area contributed by atoms with Crippen molar-refractivity contribution in [1.29, 1.82) is 0 Å². The summed E-state index contributed by atoms with van der Waals surface area (Å²) in [6.07, 6.45) is 14.4. The molecule has 3 rings (SSSR count). The van der Waals surface area contributed by atoms with E-state index in [1.807, 2.05) is 6.26 Å². The summed E-state index contributed by atoms with van der Waals surface area (Å²) in [6.45, 7) is 9.47. The van der Waals surface area contributed by atoms with Gasteiger partial charge in [-0.2, -0.15) is 0 Å². The van der Waals surface area contributed by atoms with Gasteiger partial charge in [0, 0.05) is 19.1 Å². The quantitative estimate of drug-likeness (QED) is 0.643. The number of thioether (sulfide) groups is 1. The Balaban J connectivity index is 1.34. The number of carbonyl (C=O) groups is 1. The van der Waals surface area contributed by atoms with Gasteiger partial charge in [0.05, 0.1) is 0 Å². The second-order valence-corrected chi connectivity index (χ2v) is 10.2. The van der Waals surface area contributed by atoms with Crippen LogP contribution in [0.25, 0.3) is 0 Å². The summed E-state index contributed by atoms with van der Waals surface area (Å²) in [6, 6.07) is 0.875. The minimum atomic E-state index is 0.269. The Kier molecular flexibility index (Phi) is 7.75. The van der Waals surface area contributed by atoms with E-state index in [0.29, 0.717) is 0 Å². The van der Waals surface area contributed by atoms with Crippen LogP contribution >= 0.6 is 11.8 Å². The molecule has 0 aromatic rings. The van der Waals surface area contributed by atoms with Crippen molar-refractivity contribution in [3.63, 3.8) is 0 Å². The molecule has 150 valence electrons. The Morgan fingerprint density at radius 3 is 2.00 bits per heavy atom. The van der Waals surface area contributed by atoms with Gasteiger partial charge in [0.15, 0.2) is 0 Å². The van der Waals surface area contributed by atoms with Crippen molar-refractivity contribution < 1.29 is 4.79 Å². The highest BCUT2D eigenvalue weighted by Gasteiger charge is 2.31. The molecule has 2 heterocycles. The van der Waals surface area contributed by atoms with Crippen LogP contribution < -0.4 is 0 Å². The Hall–Kier alpha value is -0.220. The maximum atomic E-state index is 11.8. The number of rotatable bonds is 4. The van der Waals surface area contributed by atoms with E-state index in [1.165, 1.54) is 82.6 Å². The van der Waals surface area contributed by atoms with Crippen molar-refractivity contribution in [3.8, 4) is 0 Å². The van der Waals surface area contributed by atoms with Gasteiger partial charge in [-0.3, -0.25) is 4.79 Å². The largest absolute Gasteiger partial charge is 0.334 e. The van der Waals surface area contributed by atoms with Crippen LogP contribution in [0, 0.1) is 23.7 Å². The molecule has 1 aliphatic carbocycles. The third-order valence-corrected chi connectivity index (χ3v) is 8.17. The van der Waals surface area contributed by atoms with E-state index < -0.39 is 0 Å². The summed E-state index contributed by atoms with van der Waals surface area (Å²) in [5.74, 6) is 3.65. The SMILES string of the molecule is CSC(=O)N1CCC(CC2CCC(N3CCC(C(C)C)CC3)CC2)CC1. The lowest BCUT2D eigenvalue weighted by molar-refractivity contribution is 0.0773. The van der Waals surface area contributed by atoms with Crippen LogP contribution in [0.5, 0.6) is 0 Å². The van der Waals surface area contributed by atoms with Gasteiger partial charge in [-0.05, 0) is 101 Å². The Morgan fingerprint density at radius 1 is 0.885 bits per heavy atom. The molecule has 3 nitrogen and oxygen atoms in total. The minimum Gasteiger partial charge on any atom is -0.334 e. The average Bonchev–Trinajstić information content (AvgIpc) is 2.68. The molecule has 0 radical (unpaired) electrons. The van der Waals surface area contributed by atoms with Gasteiger partial charge in [0.25, 0.3) is 5.24 Å². The first-order valence-electron chi connectivity index (χ1n) is 11.1. The first-order valence-corrected chi connectivity index (χ1v) is 12.4. The summed E-state index contributed by atoms with van der Waals surface area (Å²) < 4.78 is 0. The third-order valence-electron chi connectivity index (χ3n) is 7.56. The molecule has 0 atom stereocenters. The maximum absolute atomic E-state index is 11.8. The lowest BCUT2D eigenvalue weighted by Gasteiger charge is -2.42. The summed E-state index contributed by atoms with van der Waals surface area (Å²) >= 11 is 1.37. The molecular weight excluding hydrogens is 340 g/mol. The molecule has 4 heteroatoms. The van der Waals surface area contributed by atoms with Crippen molar-refractivity contribution in [2.45, 2.75) is 77.7 Å². The second-order valence-electron chi connectivity index (χ2n) is 9.43. The predicted molar refractivity (Wildman–Crippen MR) is 113 cm³/mol. The molecule has 0 N–H and O–H groups in total. The van der Waals surface area contributed by atoms with E-state index in [9.17, 15) is 4.79 Å². The molecular formula is C22H40N2OS. The summed E-state index contributed by atoms with van der Waals surface area (Å²) in [4.78, 5) is 16.7. The van der Waals surface area contributed by atoms with Crippen LogP contribution in [0.1, 0.15) is 71.6 Å². The van der Waals surface area contributed by atoms with Crippen LogP contribution in [0.3, 0.4) is 0 Å².